The Hall–Kier alpha value is -0.700. The Labute approximate surface area is 197 Å². The topological polar surface area (TPSA) is 65.2 Å². The molecule has 0 aliphatic heterocycles. The van der Waals surface area contributed by atoms with Crippen LogP contribution in [0.2, 0.25) is 0 Å². The standard InChI is InChI=1S/C20H18Br4N2O2/c21-13-5-11(19(27)15(23)7-13)9-25-17-3-1-2-4-18(17)26-10-12-6-14(22)8-16(24)20(12)28/h5-10,17-18,27-28H,1-4H2. The first-order valence-electron chi connectivity index (χ1n) is 8.77. The molecule has 0 radical (unpaired) electrons. The lowest BCUT2D eigenvalue weighted by atomic mass is 9.91. The summed E-state index contributed by atoms with van der Waals surface area (Å²) in [6, 6.07) is 7.34. The number of rotatable bonds is 4. The summed E-state index contributed by atoms with van der Waals surface area (Å²) in [6.45, 7) is 0. The van der Waals surface area contributed by atoms with Gasteiger partial charge in [-0.05, 0) is 69.0 Å². The van der Waals surface area contributed by atoms with Crippen LogP contribution in [0.25, 0.3) is 0 Å². The van der Waals surface area contributed by atoms with E-state index < -0.39 is 0 Å². The van der Waals surface area contributed by atoms with Crippen LogP contribution < -0.4 is 0 Å². The summed E-state index contributed by atoms with van der Waals surface area (Å²) in [5, 5.41) is 20.5. The maximum atomic E-state index is 10.2. The molecule has 148 valence electrons. The number of hydrogen-bond donors (Lipinski definition) is 2. The van der Waals surface area contributed by atoms with E-state index in [1.807, 2.05) is 12.1 Å². The highest BCUT2D eigenvalue weighted by Crippen LogP contribution is 2.33. The molecule has 1 fully saturated rings. The van der Waals surface area contributed by atoms with Gasteiger partial charge in [-0.25, -0.2) is 0 Å². The van der Waals surface area contributed by atoms with Crippen LogP contribution in [0.15, 0.2) is 52.1 Å². The molecule has 28 heavy (non-hydrogen) atoms. The third kappa shape index (κ3) is 5.46. The summed E-state index contributed by atoms with van der Waals surface area (Å²) < 4.78 is 2.98. The molecule has 8 heteroatoms. The number of nitrogens with zero attached hydrogens (tertiary/aromatic N) is 2. The van der Waals surface area contributed by atoms with Gasteiger partial charge in [0.05, 0.1) is 21.0 Å². The van der Waals surface area contributed by atoms with Crippen molar-refractivity contribution in [1.29, 1.82) is 0 Å². The molecule has 2 aromatic rings. The number of aliphatic imine (C=N–C) groups is 2. The molecule has 4 nitrogen and oxygen atoms in total. The van der Waals surface area contributed by atoms with Gasteiger partial charge in [0, 0.05) is 32.5 Å². The fraction of sp³-hybridized carbons (Fsp3) is 0.300. The Morgan fingerprint density at radius 2 is 1.11 bits per heavy atom. The number of phenolic OH excluding ortho intramolecular Hbond substituents is 2. The van der Waals surface area contributed by atoms with E-state index in [0.717, 1.165) is 34.6 Å². The third-order valence-corrected chi connectivity index (χ3v) is 6.74. The lowest BCUT2D eigenvalue weighted by Gasteiger charge is -2.25. The summed E-state index contributed by atoms with van der Waals surface area (Å²) in [5.74, 6) is 0.346. The normalized spacial score (nSPS) is 20.3. The Bertz CT molecular complexity index is 855. The Kier molecular flexibility index (Phi) is 7.75. The quantitative estimate of drug-likeness (QED) is 0.355. The lowest BCUT2D eigenvalue weighted by molar-refractivity contribution is 0.390. The number of aromatic hydroxyl groups is 2. The summed E-state index contributed by atoms with van der Waals surface area (Å²) >= 11 is 13.6. The highest BCUT2D eigenvalue weighted by atomic mass is 79.9. The van der Waals surface area contributed by atoms with E-state index in [1.54, 1.807) is 24.6 Å². The van der Waals surface area contributed by atoms with E-state index >= 15 is 0 Å². The molecule has 3 rings (SSSR count). The zero-order valence-electron chi connectivity index (χ0n) is 14.7. The van der Waals surface area contributed by atoms with Crippen molar-refractivity contribution < 1.29 is 10.2 Å². The molecule has 0 saturated heterocycles. The molecule has 2 unspecified atom stereocenters. The molecule has 2 aromatic carbocycles. The zero-order chi connectivity index (χ0) is 20.3. The summed E-state index contributed by atoms with van der Waals surface area (Å²) in [5.41, 5.74) is 1.31. The van der Waals surface area contributed by atoms with Crippen molar-refractivity contribution >= 4 is 76.1 Å². The van der Waals surface area contributed by atoms with Gasteiger partial charge in [0.15, 0.2) is 0 Å². The second-order valence-corrected chi connectivity index (χ2v) is 10.2. The van der Waals surface area contributed by atoms with E-state index in [1.165, 1.54) is 0 Å². The largest absolute Gasteiger partial charge is 0.506 e. The molecule has 0 spiro atoms. The first-order valence-corrected chi connectivity index (χ1v) is 11.9. The minimum absolute atomic E-state index is 0.0416. The molecule has 1 saturated carbocycles. The second kappa shape index (κ2) is 9.87. The monoisotopic (exact) mass is 634 g/mol. The van der Waals surface area contributed by atoms with Crippen molar-refractivity contribution in [3.05, 3.63) is 53.3 Å². The van der Waals surface area contributed by atoms with E-state index in [2.05, 4.69) is 63.7 Å². The fourth-order valence-corrected chi connectivity index (χ4v) is 5.68. The van der Waals surface area contributed by atoms with E-state index in [-0.39, 0.29) is 23.6 Å². The molecule has 1 aliphatic rings. The maximum Gasteiger partial charge on any atom is 0.138 e. The zero-order valence-corrected chi connectivity index (χ0v) is 21.1. The van der Waals surface area contributed by atoms with E-state index in [0.29, 0.717) is 20.1 Å². The highest BCUT2D eigenvalue weighted by molar-refractivity contribution is 9.11. The Morgan fingerprint density at radius 1 is 0.714 bits per heavy atom. The second-order valence-electron chi connectivity index (χ2n) is 6.63. The highest BCUT2D eigenvalue weighted by Gasteiger charge is 2.23. The van der Waals surface area contributed by atoms with Gasteiger partial charge >= 0.3 is 0 Å². The summed E-state index contributed by atoms with van der Waals surface area (Å²) in [6.07, 6.45) is 7.55. The van der Waals surface area contributed by atoms with Gasteiger partial charge < -0.3 is 10.2 Å². The number of benzene rings is 2. The average molecular weight is 638 g/mol. The molecule has 2 N–H and O–H groups in total. The van der Waals surface area contributed by atoms with E-state index in [9.17, 15) is 10.2 Å². The summed E-state index contributed by atoms with van der Waals surface area (Å²) in [4.78, 5) is 9.45. The first kappa shape index (κ1) is 22.0. The van der Waals surface area contributed by atoms with Gasteiger partial charge in [-0.2, -0.15) is 0 Å². The molecule has 0 bridgehead atoms. The van der Waals surface area contributed by atoms with Gasteiger partial charge in [-0.3, -0.25) is 9.98 Å². The molecule has 2 atom stereocenters. The molecule has 1 aliphatic carbocycles. The Balaban J connectivity index is 1.82. The van der Waals surface area contributed by atoms with Crippen molar-refractivity contribution in [2.45, 2.75) is 37.8 Å². The SMILES string of the molecule is Oc1c(Br)cc(Br)cc1C=NC1CCCCC1N=Cc1cc(Br)cc(Br)c1O. The van der Waals surface area contributed by atoms with Gasteiger partial charge in [0.25, 0.3) is 0 Å². The maximum absolute atomic E-state index is 10.2. The van der Waals surface area contributed by atoms with Crippen LogP contribution >= 0.6 is 63.7 Å². The summed E-state index contributed by atoms with van der Waals surface area (Å²) in [7, 11) is 0. The van der Waals surface area contributed by atoms with Gasteiger partial charge in [-0.1, -0.05) is 44.7 Å². The predicted octanol–water partition coefficient (Wildman–Crippen LogP) is 7.00. The minimum Gasteiger partial charge on any atom is -0.506 e. The van der Waals surface area contributed by atoms with Crippen LogP contribution in [0.1, 0.15) is 36.8 Å². The third-order valence-electron chi connectivity index (χ3n) is 4.62. The molecular weight excluding hydrogens is 620 g/mol. The molecule has 0 amide bonds. The van der Waals surface area contributed by atoms with Crippen molar-refractivity contribution in [3.63, 3.8) is 0 Å². The number of halogens is 4. The lowest BCUT2D eigenvalue weighted by Crippen LogP contribution is -2.27. The molecule has 0 heterocycles. The minimum atomic E-state index is 0.0416. The van der Waals surface area contributed by atoms with Crippen LogP contribution in [0.5, 0.6) is 11.5 Å². The van der Waals surface area contributed by atoms with Crippen molar-refractivity contribution in [3.8, 4) is 11.5 Å². The average Bonchev–Trinajstić information content (AvgIpc) is 2.65. The van der Waals surface area contributed by atoms with Gasteiger partial charge in [-0.15, -0.1) is 0 Å². The van der Waals surface area contributed by atoms with Crippen LogP contribution in [-0.2, 0) is 0 Å². The smallest absolute Gasteiger partial charge is 0.138 e. The number of phenols is 2. The van der Waals surface area contributed by atoms with Crippen LogP contribution in [-0.4, -0.2) is 34.7 Å². The number of hydrogen-bond acceptors (Lipinski definition) is 4. The first-order chi connectivity index (χ1) is 13.3. The van der Waals surface area contributed by atoms with Crippen molar-refractivity contribution in [2.24, 2.45) is 9.98 Å². The van der Waals surface area contributed by atoms with Gasteiger partial charge in [0.2, 0.25) is 0 Å². The molecule has 0 aromatic heterocycles. The van der Waals surface area contributed by atoms with Crippen molar-refractivity contribution in [2.75, 3.05) is 0 Å². The van der Waals surface area contributed by atoms with Crippen LogP contribution in [0.4, 0.5) is 0 Å². The predicted molar refractivity (Wildman–Crippen MR) is 128 cm³/mol. The van der Waals surface area contributed by atoms with Crippen molar-refractivity contribution in [1.82, 2.24) is 0 Å². The van der Waals surface area contributed by atoms with Crippen LogP contribution in [0.3, 0.4) is 0 Å². The van der Waals surface area contributed by atoms with Crippen LogP contribution in [0, 0.1) is 0 Å². The molecular formula is C20H18Br4N2O2. The van der Waals surface area contributed by atoms with E-state index in [4.69, 9.17) is 9.98 Å². The Morgan fingerprint density at radius 3 is 1.50 bits per heavy atom. The van der Waals surface area contributed by atoms with Gasteiger partial charge in [0.1, 0.15) is 11.5 Å². The fourth-order valence-electron chi connectivity index (χ4n) is 3.16.